The van der Waals surface area contributed by atoms with Gasteiger partial charge < -0.3 is 0 Å². The van der Waals surface area contributed by atoms with Gasteiger partial charge in [0.2, 0.25) is 0 Å². The maximum atomic E-state index is 11.3. The zero-order chi connectivity index (χ0) is 9.68. The summed E-state index contributed by atoms with van der Waals surface area (Å²) in [6.45, 7) is 1.96. The van der Waals surface area contributed by atoms with Crippen LogP contribution < -0.4 is 0 Å². The fraction of sp³-hybridized carbons (Fsp3) is 0.556. The van der Waals surface area contributed by atoms with Crippen LogP contribution in [0.3, 0.4) is 0 Å². The van der Waals surface area contributed by atoms with Crippen LogP contribution in [0.15, 0.2) is 5.38 Å². The summed E-state index contributed by atoms with van der Waals surface area (Å²) in [4.78, 5) is 15.6. The second-order valence-corrected chi connectivity index (χ2v) is 4.86. The van der Waals surface area contributed by atoms with E-state index in [9.17, 15) is 4.79 Å². The van der Waals surface area contributed by atoms with Crippen LogP contribution in [-0.2, 0) is 11.2 Å². The van der Waals surface area contributed by atoms with Gasteiger partial charge in [-0.3, -0.25) is 4.79 Å². The molecule has 1 rings (SSSR count). The van der Waals surface area contributed by atoms with E-state index in [4.69, 9.17) is 0 Å². The highest BCUT2D eigenvalue weighted by Crippen LogP contribution is 2.09. The minimum Gasteiger partial charge on any atom is -0.299 e. The Balaban J connectivity index is 2.36. The monoisotopic (exact) mass is 215 g/mol. The molecule has 0 radical (unpaired) electrons. The minimum absolute atomic E-state index is 0.291. The summed E-state index contributed by atoms with van der Waals surface area (Å²) < 4.78 is 0. The first-order valence-corrected chi connectivity index (χ1v) is 6.41. The summed E-state index contributed by atoms with van der Waals surface area (Å²) in [5, 5.41) is 3.00. The van der Waals surface area contributed by atoms with Gasteiger partial charge in [-0.25, -0.2) is 4.98 Å². The highest BCUT2D eigenvalue weighted by molar-refractivity contribution is 7.98. The number of aryl methyl sites for hydroxylation is 1. The average Bonchev–Trinajstić information content (AvgIpc) is 2.48. The van der Waals surface area contributed by atoms with Gasteiger partial charge in [-0.2, -0.15) is 11.8 Å². The lowest BCUT2D eigenvalue weighted by Gasteiger charge is -1.95. The van der Waals surface area contributed by atoms with E-state index in [1.165, 1.54) is 0 Å². The van der Waals surface area contributed by atoms with Crippen molar-refractivity contribution in [1.29, 1.82) is 0 Å². The second-order valence-electron chi connectivity index (χ2n) is 2.82. The third kappa shape index (κ3) is 3.91. The number of Topliss-reactive ketones (excluding diaryl/α,β-unsaturated/α-hetero) is 1. The SMILES string of the molecule is CSCCC(=O)Cc1csc(C)n1. The molecule has 0 aliphatic heterocycles. The van der Waals surface area contributed by atoms with Crippen LogP contribution in [-0.4, -0.2) is 22.8 Å². The summed E-state index contributed by atoms with van der Waals surface area (Å²) in [6, 6.07) is 0. The van der Waals surface area contributed by atoms with Crippen molar-refractivity contribution in [2.45, 2.75) is 19.8 Å². The second kappa shape index (κ2) is 5.40. The number of hydrogen-bond donors (Lipinski definition) is 0. The fourth-order valence-corrected chi connectivity index (χ4v) is 2.04. The molecule has 0 amide bonds. The fourth-order valence-electron chi connectivity index (χ4n) is 0.996. The van der Waals surface area contributed by atoms with Crippen molar-refractivity contribution < 1.29 is 4.79 Å². The Hall–Kier alpha value is -0.350. The quantitative estimate of drug-likeness (QED) is 0.755. The lowest BCUT2D eigenvalue weighted by Crippen LogP contribution is -2.03. The molecule has 0 unspecified atom stereocenters. The minimum atomic E-state index is 0.291. The zero-order valence-corrected chi connectivity index (χ0v) is 9.50. The van der Waals surface area contributed by atoms with Crippen LogP contribution in [0.1, 0.15) is 17.1 Å². The Morgan fingerprint density at radius 2 is 2.46 bits per heavy atom. The molecule has 1 aromatic heterocycles. The number of ketones is 1. The highest BCUT2D eigenvalue weighted by atomic mass is 32.2. The molecule has 13 heavy (non-hydrogen) atoms. The lowest BCUT2D eigenvalue weighted by molar-refractivity contribution is -0.118. The van der Waals surface area contributed by atoms with E-state index in [1.54, 1.807) is 23.1 Å². The van der Waals surface area contributed by atoms with Crippen LogP contribution in [0.25, 0.3) is 0 Å². The predicted molar refractivity (Wildman–Crippen MR) is 58.6 cm³/mol. The molecule has 0 aromatic carbocycles. The highest BCUT2D eigenvalue weighted by Gasteiger charge is 2.05. The van der Waals surface area contributed by atoms with Crippen molar-refractivity contribution in [2.75, 3.05) is 12.0 Å². The van der Waals surface area contributed by atoms with Gasteiger partial charge in [0.05, 0.1) is 10.7 Å². The van der Waals surface area contributed by atoms with Crippen molar-refractivity contribution in [3.8, 4) is 0 Å². The Kier molecular flexibility index (Phi) is 4.45. The van der Waals surface area contributed by atoms with Crippen LogP contribution in [0.2, 0.25) is 0 Å². The van der Waals surface area contributed by atoms with Crippen LogP contribution >= 0.6 is 23.1 Å². The molecule has 4 heteroatoms. The molecule has 0 fully saturated rings. The Morgan fingerprint density at radius 1 is 1.69 bits per heavy atom. The van der Waals surface area contributed by atoms with Crippen LogP contribution in [0, 0.1) is 6.92 Å². The average molecular weight is 215 g/mol. The number of thiazole rings is 1. The first-order chi connectivity index (χ1) is 6.22. The topological polar surface area (TPSA) is 30.0 Å². The molecule has 0 spiro atoms. The molecule has 0 aliphatic carbocycles. The molecule has 2 nitrogen and oxygen atoms in total. The van der Waals surface area contributed by atoms with Crippen molar-refractivity contribution in [3.63, 3.8) is 0 Å². The van der Waals surface area contributed by atoms with Crippen molar-refractivity contribution in [2.24, 2.45) is 0 Å². The molecule has 1 aromatic rings. The van der Waals surface area contributed by atoms with E-state index < -0.39 is 0 Å². The smallest absolute Gasteiger partial charge is 0.139 e. The molecular formula is C9H13NOS2. The van der Waals surface area contributed by atoms with E-state index in [1.807, 2.05) is 18.6 Å². The Morgan fingerprint density at radius 3 is 3.00 bits per heavy atom. The normalized spacial score (nSPS) is 10.3. The standard InChI is InChI=1S/C9H13NOS2/c1-7-10-8(6-13-7)5-9(11)3-4-12-2/h6H,3-5H2,1-2H3. The van der Waals surface area contributed by atoms with Gasteiger partial charge >= 0.3 is 0 Å². The molecule has 72 valence electrons. The summed E-state index contributed by atoms with van der Waals surface area (Å²) in [5.74, 6) is 1.21. The number of aromatic nitrogens is 1. The van der Waals surface area contributed by atoms with E-state index >= 15 is 0 Å². The number of nitrogens with zero attached hydrogens (tertiary/aromatic N) is 1. The van der Waals surface area contributed by atoms with Gasteiger partial charge in [0.1, 0.15) is 5.78 Å². The molecular weight excluding hydrogens is 202 g/mol. The summed E-state index contributed by atoms with van der Waals surface area (Å²) in [5.41, 5.74) is 0.925. The summed E-state index contributed by atoms with van der Waals surface area (Å²) >= 11 is 3.31. The number of carbonyl (C=O) groups excluding carboxylic acids is 1. The maximum absolute atomic E-state index is 11.3. The van der Waals surface area contributed by atoms with Crippen LogP contribution in [0.4, 0.5) is 0 Å². The predicted octanol–water partition coefficient (Wildman–Crippen LogP) is 2.32. The van der Waals surface area contributed by atoms with E-state index in [2.05, 4.69) is 4.98 Å². The van der Waals surface area contributed by atoms with E-state index in [-0.39, 0.29) is 0 Å². The third-order valence-electron chi connectivity index (χ3n) is 1.63. The summed E-state index contributed by atoms with van der Waals surface area (Å²) in [6.07, 6.45) is 3.18. The van der Waals surface area contributed by atoms with Gasteiger partial charge in [-0.15, -0.1) is 11.3 Å². The molecule has 0 atom stereocenters. The first kappa shape index (κ1) is 10.7. The number of thioether (sulfide) groups is 1. The zero-order valence-electron chi connectivity index (χ0n) is 7.87. The molecule has 0 saturated heterocycles. The molecule has 0 N–H and O–H groups in total. The molecule has 0 aliphatic rings. The van der Waals surface area contributed by atoms with Gasteiger partial charge in [-0.05, 0) is 18.9 Å². The number of rotatable bonds is 5. The van der Waals surface area contributed by atoms with Crippen molar-refractivity contribution in [1.82, 2.24) is 4.98 Å². The van der Waals surface area contributed by atoms with E-state index in [0.29, 0.717) is 18.6 Å². The number of carbonyl (C=O) groups is 1. The number of hydrogen-bond acceptors (Lipinski definition) is 4. The largest absolute Gasteiger partial charge is 0.299 e. The lowest BCUT2D eigenvalue weighted by atomic mass is 10.2. The van der Waals surface area contributed by atoms with Crippen LogP contribution in [0.5, 0.6) is 0 Å². The van der Waals surface area contributed by atoms with Gasteiger partial charge in [0.15, 0.2) is 0 Å². The first-order valence-electron chi connectivity index (χ1n) is 4.14. The maximum Gasteiger partial charge on any atom is 0.139 e. The molecule has 0 saturated carbocycles. The van der Waals surface area contributed by atoms with Gasteiger partial charge in [-0.1, -0.05) is 0 Å². The van der Waals surface area contributed by atoms with E-state index in [0.717, 1.165) is 16.5 Å². The third-order valence-corrected chi connectivity index (χ3v) is 3.06. The van der Waals surface area contributed by atoms with Crippen molar-refractivity contribution >= 4 is 28.9 Å². The molecule has 0 bridgehead atoms. The Bertz CT molecular complexity index is 283. The Labute approximate surface area is 86.8 Å². The van der Waals surface area contributed by atoms with Gasteiger partial charge in [0.25, 0.3) is 0 Å². The van der Waals surface area contributed by atoms with Gasteiger partial charge in [0, 0.05) is 18.2 Å². The van der Waals surface area contributed by atoms with Crippen molar-refractivity contribution in [3.05, 3.63) is 16.1 Å². The molecule has 1 heterocycles. The summed E-state index contributed by atoms with van der Waals surface area (Å²) in [7, 11) is 0.